The van der Waals surface area contributed by atoms with E-state index >= 15 is 0 Å². The van der Waals surface area contributed by atoms with E-state index in [1.807, 2.05) is 65.2 Å². The zero-order chi connectivity index (χ0) is 24.4. The summed E-state index contributed by atoms with van der Waals surface area (Å²) < 4.78 is 32.4. The molecule has 0 bridgehead atoms. The quantitative estimate of drug-likeness (QED) is 0.263. The van der Waals surface area contributed by atoms with Crippen LogP contribution in [0.3, 0.4) is 0 Å². The molecule has 3 aromatic carbocycles. The summed E-state index contributed by atoms with van der Waals surface area (Å²) in [6.45, 7) is 2.38. The van der Waals surface area contributed by atoms with Crippen LogP contribution in [0.1, 0.15) is 12.5 Å². The van der Waals surface area contributed by atoms with Crippen LogP contribution in [-0.4, -0.2) is 40.3 Å². The normalized spacial score (nSPS) is 11.1. The Kier molecular flexibility index (Phi) is 6.24. The number of aromatic nitrogens is 3. The van der Waals surface area contributed by atoms with Gasteiger partial charge in [-0.3, -0.25) is 0 Å². The number of methoxy groups -OCH3 is 2. The number of hydrogen-bond acceptors (Lipinski definition) is 8. The van der Waals surface area contributed by atoms with Crippen LogP contribution < -0.4 is 14.2 Å². The average Bonchev–Trinajstić information content (AvgIpc) is 3.46. The third kappa shape index (κ3) is 4.38. The van der Waals surface area contributed by atoms with Crippen molar-refractivity contribution in [2.45, 2.75) is 13.5 Å². The van der Waals surface area contributed by atoms with E-state index in [2.05, 4.69) is 8.75 Å². The Hall–Kier alpha value is -4.11. The van der Waals surface area contributed by atoms with Gasteiger partial charge >= 0.3 is 6.16 Å². The van der Waals surface area contributed by atoms with Crippen molar-refractivity contribution in [1.82, 2.24) is 13.3 Å². The van der Waals surface area contributed by atoms with Gasteiger partial charge in [-0.05, 0) is 54.4 Å². The fraction of sp³-hybridized carbons (Fsp3) is 0.192. The van der Waals surface area contributed by atoms with Crippen LogP contribution in [0.25, 0.3) is 33.1 Å². The smallest absolute Gasteiger partial charge is 0.497 e. The standard InChI is InChI=1S/C26H23N3O5S/c1-4-33-26(30)34-25-24(17-6-8-18(31-2)9-7-17)20-11-10-19(32-3)14-23(20)29(25)15-16-5-12-21-22(13-16)28-35-27-21/h5-14H,4,15H2,1-3H3. The van der Waals surface area contributed by atoms with Crippen LogP contribution in [0.5, 0.6) is 17.4 Å². The molecule has 2 heterocycles. The van der Waals surface area contributed by atoms with Gasteiger partial charge in [0.15, 0.2) is 0 Å². The number of carbonyl (C=O) groups excluding carboxylic acids is 1. The van der Waals surface area contributed by atoms with Crippen molar-refractivity contribution >= 4 is 39.8 Å². The maximum absolute atomic E-state index is 12.5. The Balaban J connectivity index is 1.73. The Morgan fingerprint density at radius 1 is 0.914 bits per heavy atom. The summed E-state index contributed by atoms with van der Waals surface area (Å²) in [5.41, 5.74) is 5.16. The summed E-state index contributed by atoms with van der Waals surface area (Å²) in [7, 11) is 3.25. The van der Waals surface area contributed by atoms with Crippen LogP contribution >= 0.6 is 11.7 Å². The van der Waals surface area contributed by atoms with Crippen LogP contribution in [0, 0.1) is 0 Å². The molecular weight excluding hydrogens is 466 g/mol. The summed E-state index contributed by atoms with van der Waals surface area (Å²) >= 11 is 1.18. The molecule has 8 nitrogen and oxygen atoms in total. The zero-order valence-electron chi connectivity index (χ0n) is 19.5. The first kappa shape index (κ1) is 22.7. The molecule has 0 saturated carbocycles. The lowest BCUT2D eigenvalue weighted by atomic mass is 10.0. The van der Waals surface area contributed by atoms with Gasteiger partial charge in [-0.25, -0.2) is 4.79 Å². The summed E-state index contributed by atoms with van der Waals surface area (Å²) in [5, 5.41) is 0.909. The number of ether oxygens (including phenoxy) is 4. The van der Waals surface area contributed by atoms with Gasteiger partial charge in [0.2, 0.25) is 5.88 Å². The predicted molar refractivity (Wildman–Crippen MR) is 135 cm³/mol. The first-order valence-electron chi connectivity index (χ1n) is 11.0. The second-order valence-electron chi connectivity index (χ2n) is 7.75. The van der Waals surface area contributed by atoms with Gasteiger partial charge in [0, 0.05) is 11.5 Å². The number of nitrogens with zero attached hydrogens (tertiary/aromatic N) is 3. The minimum Gasteiger partial charge on any atom is -0.497 e. The lowest BCUT2D eigenvalue weighted by molar-refractivity contribution is 0.101. The highest BCUT2D eigenvalue weighted by Gasteiger charge is 2.24. The monoisotopic (exact) mass is 489 g/mol. The molecule has 0 amide bonds. The van der Waals surface area contributed by atoms with Gasteiger partial charge < -0.3 is 23.5 Å². The van der Waals surface area contributed by atoms with E-state index in [4.69, 9.17) is 18.9 Å². The van der Waals surface area contributed by atoms with E-state index in [1.54, 1.807) is 21.1 Å². The molecule has 0 aliphatic carbocycles. The van der Waals surface area contributed by atoms with Crippen LogP contribution in [0.2, 0.25) is 0 Å². The van der Waals surface area contributed by atoms with Gasteiger partial charge in [0.05, 0.1) is 50.2 Å². The molecular formula is C26H23N3O5S. The number of fused-ring (bicyclic) bond motifs is 2. The third-order valence-electron chi connectivity index (χ3n) is 5.70. The number of benzene rings is 3. The molecule has 0 unspecified atom stereocenters. The van der Waals surface area contributed by atoms with E-state index in [0.717, 1.165) is 44.4 Å². The summed E-state index contributed by atoms with van der Waals surface area (Å²) in [5.74, 6) is 1.81. The van der Waals surface area contributed by atoms with E-state index in [0.29, 0.717) is 18.2 Å². The van der Waals surface area contributed by atoms with Crippen molar-refractivity contribution in [3.05, 3.63) is 66.2 Å². The first-order chi connectivity index (χ1) is 17.1. The molecule has 9 heteroatoms. The highest BCUT2D eigenvalue weighted by atomic mass is 32.1. The molecule has 0 radical (unpaired) electrons. The molecule has 2 aromatic heterocycles. The highest BCUT2D eigenvalue weighted by molar-refractivity contribution is 7.00. The maximum atomic E-state index is 12.5. The van der Waals surface area contributed by atoms with E-state index in [9.17, 15) is 4.79 Å². The summed E-state index contributed by atoms with van der Waals surface area (Å²) in [4.78, 5) is 12.5. The Bertz CT molecular complexity index is 1510. The molecule has 35 heavy (non-hydrogen) atoms. The second kappa shape index (κ2) is 9.63. The molecule has 178 valence electrons. The van der Waals surface area contributed by atoms with Crippen molar-refractivity contribution < 1.29 is 23.7 Å². The van der Waals surface area contributed by atoms with Gasteiger partial charge in [-0.1, -0.05) is 18.2 Å². The van der Waals surface area contributed by atoms with Crippen molar-refractivity contribution in [3.63, 3.8) is 0 Å². The number of rotatable bonds is 7. The minimum atomic E-state index is -0.766. The molecule has 0 N–H and O–H groups in total. The average molecular weight is 490 g/mol. The van der Waals surface area contributed by atoms with Gasteiger partial charge in [-0.2, -0.15) is 8.75 Å². The second-order valence-corrected chi connectivity index (χ2v) is 8.28. The molecule has 0 saturated heterocycles. The SMILES string of the molecule is CCOC(=O)Oc1c(-c2ccc(OC)cc2)c2ccc(OC)cc2n1Cc1ccc2nsnc2c1. The van der Waals surface area contributed by atoms with Gasteiger partial charge in [0.25, 0.3) is 0 Å². The lowest BCUT2D eigenvalue weighted by Gasteiger charge is -2.13. The van der Waals surface area contributed by atoms with E-state index in [1.165, 1.54) is 11.7 Å². The Labute approximate surface area is 205 Å². The largest absolute Gasteiger partial charge is 0.515 e. The summed E-state index contributed by atoms with van der Waals surface area (Å²) in [6.07, 6.45) is -0.766. The Morgan fingerprint density at radius 3 is 2.40 bits per heavy atom. The fourth-order valence-electron chi connectivity index (χ4n) is 4.07. The van der Waals surface area contributed by atoms with Crippen LogP contribution in [0.4, 0.5) is 4.79 Å². The third-order valence-corrected chi connectivity index (χ3v) is 6.26. The maximum Gasteiger partial charge on any atom is 0.515 e. The lowest BCUT2D eigenvalue weighted by Crippen LogP contribution is -2.14. The van der Waals surface area contributed by atoms with Crippen molar-refractivity contribution in [1.29, 1.82) is 0 Å². The van der Waals surface area contributed by atoms with Crippen molar-refractivity contribution in [3.8, 4) is 28.5 Å². The highest BCUT2D eigenvalue weighted by Crippen LogP contribution is 2.42. The molecule has 5 rings (SSSR count). The first-order valence-corrected chi connectivity index (χ1v) is 11.7. The summed E-state index contributed by atoms with van der Waals surface area (Å²) in [6, 6.07) is 19.3. The van der Waals surface area contributed by atoms with E-state index < -0.39 is 6.16 Å². The predicted octanol–water partition coefficient (Wildman–Crippen LogP) is 5.91. The molecule has 0 spiro atoms. The van der Waals surface area contributed by atoms with E-state index in [-0.39, 0.29) is 6.61 Å². The molecule has 0 aliphatic rings. The van der Waals surface area contributed by atoms with Crippen LogP contribution in [-0.2, 0) is 11.3 Å². The van der Waals surface area contributed by atoms with Crippen molar-refractivity contribution in [2.75, 3.05) is 20.8 Å². The minimum absolute atomic E-state index is 0.207. The molecule has 0 fully saturated rings. The van der Waals surface area contributed by atoms with Crippen molar-refractivity contribution in [2.24, 2.45) is 0 Å². The van der Waals surface area contributed by atoms with Crippen LogP contribution in [0.15, 0.2) is 60.7 Å². The molecule has 5 aromatic rings. The molecule has 0 aliphatic heterocycles. The topological polar surface area (TPSA) is 84.7 Å². The Morgan fingerprint density at radius 2 is 1.66 bits per heavy atom. The zero-order valence-corrected chi connectivity index (χ0v) is 20.3. The fourth-order valence-corrected chi connectivity index (χ4v) is 4.58. The number of hydrogen-bond donors (Lipinski definition) is 0. The molecule has 0 atom stereocenters. The van der Waals surface area contributed by atoms with Gasteiger partial charge in [-0.15, -0.1) is 0 Å². The van der Waals surface area contributed by atoms with Gasteiger partial charge in [0.1, 0.15) is 22.5 Å². The number of carbonyl (C=O) groups is 1.